The Morgan fingerprint density at radius 1 is 0.875 bits per heavy atom. The minimum atomic E-state index is -0.510. The van der Waals surface area contributed by atoms with Gasteiger partial charge in [-0.3, -0.25) is 9.69 Å². The number of benzene rings is 3. The minimum absolute atomic E-state index is 0.195. The predicted molar refractivity (Wildman–Crippen MR) is 149 cm³/mol. The topological polar surface area (TPSA) is 82.9 Å². The number of pyridine rings is 1. The molecule has 2 aromatic heterocycles. The SMILES string of the molecule is CCc1ccc2[nH]c(=O)c([C@@H](c3nnnn3Cc3ccc(F)cc3)N3CCN(c4ccc(F)cc4)CC3)cc2c1. The number of tetrazole rings is 1. The van der Waals surface area contributed by atoms with Gasteiger partial charge in [0, 0.05) is 42.9 Å². The lowest BCUT2D eigenvalue weighted by Crippen LogP contribution is -2.49. The fraction of sp³-hybridized carbons (Fsp3) is 0.267. The van der Waals surface area contributed by atoms with Gasteiger partial charge >= 0.3 is 0 Å². The van der Waals surface area contributed by atoms with Crippen molar-refractivity contribution in [1.82, 2.24) is 30.1 Å². The average molecular weight is 542 g/mol. The smallest absolute Gasteiger partial charge is 0.253 e. The number of aromatic nitrogens is 5. The summed E-state index contributed by atoms with van der Waals surface area (Å²) < 4.78 is 28.7. The number of hydrogen-bond donors (Lipinski definition) is 1. The fourth-order valence-electron chi connectivity index (χ4n) is 5.37. The molecular weight excluding hydrogens is 512 g/mol. The maximum absolute atomic E-state index is 13.5. The molecule has 3 aromatic carbocycles. The minimum Gasteiger partial charge on any atom is -0.369 e. The van der Waals surface area contributed by atoms with Gasteiger partial charge in [-0.15, -0.1) is 5.10 Å². The highest BCUT2D eigenvalue weighted by Crippen LogP contribution is 2.29. The number of nitrogens with one attached hydrogen (secondary N) is 1. The lowest BCUT2D eigenvalue weighted by molar-refractivity contribution is 0.200. The van der Waals surface area contributed by atoms with Crippen molar-refractivity contribution in [2.75, 3.05) is 31.1 Å². The van der Waals surface area contributed by atoms with Crippen LogP contribution in [0.15, 0.2) is 77.6 Å². The Balaban J connectivity index is 1.38. The summed E-state index contributed by atoms with van der Waals surface area (Å²) in [6, 6.07) is 20.2. The van der Waals surface area contributed by atoms with Gasteiger partial charge in [0.25, 0.3) is 5.56 Å². The van der Waals surface area contributed by atoms with Gasteiger partial charge in [-0.05, 0) is 88.0 Å². The van der Waals surface area contributed by atoms with Gasteiger partial charge in [0.05, 0.1) is 6.54 Å². The molecule has 10 heteroatoms. The second kappa shape index (κ2) is 11.0. The van der Waals surface area contributed by atoms with Crippen molar-refractivity contribution in [2.45, 2.75) is 25.9 Å². The molecule has 3 heterocycles. The zero-order chi connectivity index (χ0) is 27.6. The van der Waals surface area contributed by atoms with Crippen LogP contribution in [0.4, 0.5) is 14.5 Å². The van der Waals surface area contributed by atoms with Crippen LogP contribution in [0.1, 0.15) is 35.5 Å². The molecule has 1 saturated heterocycles. The molecule has 0 bridgehead atoms. The molecule has 0 amide bonds. The van der Waals surface area contributed by atoms with Crippen LogP contribution in [0.25, 0.3) is 10.9 Å². The predicted octanol–water partition coefficient (Wildman–Crippen LogP) is 4.32. The third kappa shape index (κ3) is 5.22. The standard InChI is InChI=1S/C30H29F2N7O/c1-2-20-5-12-27-22(17-20)18-26(30(40)33-27)28(29-34-35-36-39(29)19-21-3-6-23(31)7-4-21)38-15-13-37(14-16-38)25-10-8-24(32)9-11-25/h3-12,17-18,28H,2,13-16,19H2,1H3,(H,33,40)/t28-/m0/s1. The second-order valence-electron chi connectivity index (χ2n) is 10.1. The van der Waals surface area contributed by atoms with Gasteiger partial charge in [0.15, 0.2) is 5.82 Å². The van der Waals surface area contributed by atoms with Crippen LogP contribution in [-0.2, 0) is 13.0 Å². The highest BCUT2D eigenvalue weighted by molar-refractivity contribution is 5.80. The van der Waals surface area contributed by atoms with Gasteiger partial charge in [0.1, 0.15) is 17.7 Å². The van der Waals surface area contributed by atoms with E-state index >= 15 is 0 Å². The van der Waals surface area contributed by atoms with Crippen LogP contribution in [0.3, 0.4) is 0 Å². The Morgan fingerprint density at radius 3 is 2.25 bits per heavy atom. The van der Waals surface area contributed by atoms with Gasteiger partial charge in [-0.2, -0.15) is 0 Å². The van der Waals surface area contributed by atoms with E-state index in [4.69, 9.17) is 0 Å². The summed E-state index contributed by atoms with van der Waals surface area (Å²) in [6.45, 7) is 5.08. The van der Waals surface area contributed by atoms with Crippen molar-refractivity contribution < 1.29 is 8.78 Å². The average Bonchev–Trinajstić information content (AvgIpc) is 3.42. The normalized spacial score (nSPS) is 15.0. The first-order chi connectivity index (χ1) is 19.5. The summed E-state index contributed by atoms with van der Waals surface area (Å²) in [5, 5.41) is 13.6. The van der Waals surface area contributed by atoms with Crippen LogP contribution in [-0.4, -0.2) is 56.3 Å². The lowest BCUT2D eigenvalue weighted by atomic mass is 10.0. The Hall–Kier alpha value is -4.44. The van der Waals surface area contributed by atoms with Crippen LogP contribution >= 0.6 is 0 Å². The van der Waals surface area contributed by atoms with Crippen molar-refractivity contribution in [3.63, 3.8) is 0 Å². The van der Waals surface area contributed by atoms with Crippen molar-refractivity contribution in [3.05, 3.63) is 117 Å². The number of fused-ring (bicyclic) bond motifs is 1. The largest absolute Gasteiger partial charge is 0.369 e. The summed E-state index contributed by atoms with van der Waals surface area (Å²) >= 11 is 0. The summed E-state index contributed by atoms with van der Waals surface area (Å²) in [5.74, 6) is -0.0417. The molecule has 8 nitrogen and oxygen atoms in total. The quantitative estimate of drug-likeness (QED) is 0.331. The highest BCUT2D eigenvalue weighted by atomic mass is 19.1. The molecule has 40 heavy (non-hydrogen) atoms. The molecule has 0 unspecified atom stereocenters. The van der Waals surface area contributed by atoms with E-state index in [9.17, 15) is 13.6 Å². The molecule has 6 rings (SSSR count). The molecule has 0 radical (unpaired) electrons. The van der Waals surface area contributed by atoms with E-state index < -0.39 is 6.04 Å². The number of piperazine rings is 1. The fourth-order valence-corrected chi connectivity index (χ4v) is 5.37. The molecule has 0 aliphatic carbocycles. The summed E-state index contributed by atoms with van der Waals surface area (Å²) in [6.07, 6.45) is 0.884. The Morgan fingerprint density at radius 2 is 1.55 bits per heavy atom. The molecule has 1 aliphatic rings. The highest BCUT2D eigenvalue weighted by Gasteiger charge is 2.33. The van der Waals surface area contributed by atoms with Crippen LogP contribution in [0.5, 0.6) is 0 Å². The summed E-state index contributed by atoms with van der Waals surface area (Å²) in [4.78, 5) is 21.0. The summed E-state index contributed by atoms with van der Waals surface area (Å²) in [5.41, 5.74) is 4.11. The molecule has 204 valence electrons. The van der Waals surface area contributed by atoms with Crippen molar-refractivity contribution >= 4 is 16.6 Å². The number of hydrogen-bond acceptors (Lipinski definition) is 6. The van der Waals surface area contributed by atoms with E-state index in [1.807, 2.05) is 18.2 Å². The molecule has 0 spiro atoms. The Labute approximate surface area is 229 Å². The number of H-pyrrole nitrogens is 1. The maximum Gasteiger partial charge on any atom is 0.253 e. The third-order valence-electron chi connectivity index (χ3n) is 7.56. The third-order valence-corrected chi connectivity index (χ3v) is 7.56. The van der Waals surface area contributed by atoms with E-state index in [0.717, 1.165) is 28.6 Å². The van der Waals surface area contributed by atoms with E-state index in [0.29, 0.717) is 44.1 Å². The zero-order valence-corrected chi connectivity index (χ0v) is 22.1. The molecule has 1 atom stereocenters. The van der Waals surface area contributed by atoms with Crippen LogP contribution in [0.2, 0.25) is 0 Å². The first kappa shape index (κ1) is 25.8. The van der Waals surface area contributed by atoms with Gasteiger partial charge in [-0.25, -0.2) is 13.5 Å². The van der Waals surface area contributed by atoms with E-state index in [2.05, 4.69) is 43.3 Å². The van der Waals surface area contributed by atoms with Gasteiger partial charge in [0.2, 0.25) is 0 Å². The van der Waals surface area contributed by atoms with E-state index in [1.54, 1.807) is 28.9 Å². The van der Waals surface area contributed by atoms with Crippen LogP contribution in [0, 0.1) is 11.6 Å². The van der Waals surface area contributed by atoms with Gasteiger partial charge < -0.3 is 9.88 Å². The molecule has 1 N–H and O–H groups in total. The zero-order valence-electron chi connectivity index (χ0n) is 22.1. The lowest BCUT2D eigenvalue weighted by Gasteiger charge is -2.39. The number of rotatable bonds is 7. The van der Waals surface area contributed by atoms with Crippen molar-refractivity contribution in [2.24, 2.45) is 0 Å². The Kier molecular flexibility index (Phi) is 7.08. The van der Waals surface area contributed by atoms with Crippen molar-refractivity contribution in [3.8, 4) is 0 Å². The number of nitrogens with zero attached hydrogens (tertiary/aromatic N) is 6. The monoisotopic (exact) mass is 541 g/mol. The molecule has 0 saturated carbocycles. The van der Waals surface area contributed by atoms with E-state index in [1.165, 1.54) is 29.8 Å². The second-order valence-corrected chi connectivity index (χ2v) is 10.1. The summed E-state index contributed by atoms with van der Waals surface area (Å²) in [7, 11) is 0. The Bertz CT molecular complexity index is 1670. The number of halogens is 2. The van der Waals surface area contributed by atoms with Crippen molar-refractivity contribution in [1.29, 1.82) is 0 Å². The molecule has 1 fully saturated rings. The maximum atomic E-state index is 13.5. The van der Waals surface area contributed by atoms with E-state index in [-0.39, 0.29) is 17.2 Å². The number of anilines is 1. The molecular formula is C30H29F2N7O. The number of aryl methyl sites for hydroxylation is 1. The first-order valence-corrected chi connectivity index (χ1v) is 13.4. The molecule has 5 aromatic rings. The van der Waals surface area contributed by atoms with Crippen LogP contribution < -0.4 is 10.5 Å². The first-order valence-electron chi connectivity index (χ1n) is 13.4. The molecule has 1 aliphatic heterocycles. The van der Waals surface area contributed by atoms with Gasteiger partial charge in [-0.1, -0.05) is 25.1 Å². The number of aromatic amines is 1.